The van der Waals surface area contributed by atoms with Crippen LogP contribution in [-0.2, 0) is 19.3 Å². The van der Waals surface area contributed by atoms with E-state index in [4.69, 9.17) is 9.97 Å². The van der Waals surface area contributed by atoms with Crippen molar-refractivity contribution in [3.05, 3.63) is 77.2 Å². The Balaban J connectivity index is 1.63. The largest absolute Gasteiger partial charge is 0.249 e. The summed E-state index contributed by atoms with van der Waals surface area (Å²) in [6, 6.07) is 16.5. The zero-order valence-corrected chi connectivity index (χ0v) is 14.9. The van der Waals surface area contributed by atoms with Gasteiger partial charge in [-0.2, -0.15) is 0 Å². The summed E-state index contributed by atoms with van der Waals surface area (Å²) in [5.41, 5.74) is 5.98. The minimum absolute atomic E-state index is 0.321. The maximum absolute atomic E-state index is 4.85. The van der Waals surface area contributed by atoms with E-state index in [2.05, 4.69) is 49.2 Å². The number of rotatable bonds is 3. The second kappa shape index (κ2) is 6.40. The number of aryl methyl sites for hydroxylation is 1. The first-order chi connectivity index (χ1) is 12.1. The molecule has 2 aromatic heterocycles. The van der Waals surface area contributed by atoms with Gasteiger partial charge in [-0.25, -0.2) is 15.0 Å². The van der Waals surface area contributed by atoms with E-state index < -0.39 is 0 Å². The molecule has 1 aromatic carbocycles. The number of hydrogen-bond acceptors (Lipinski definition) is 3. The van der Waals surface area contributed by atoms with Crippen LogP contribution in [0.25, 0.3) is 11.5 Å². The molecule has 0 aliphatic heterocycles. The molecule has 3 aromatic rings. The molecule has 0 atom stereocenters. The molecule has 3 heteroatoms. The average Bonchev–Trinajstić information content (AvgIpc) is 2.61. The maximum atomic E-state index is 4.85. The van der Waals surface area contributed by atoms with E-state index >= 15 is 0 Å². The van der Waals surface area contributed by atoms with Crippen molar-refractivity contribution in [3.8, 4) is 11.5 Å². The molecule has 1 aliphatic carbocycles. The fourth-order valence-electron chi connectivity index (χ4n) is 3.45. The highest BCUT2D eigenvalue weighted by Gasteiger charge is 2.26. The Kier molecular flexibility index (Phi) is 4.08. The summed E-state index contributed by atoms with van der Waals surface area (Å²) < 4.78 is 0. The third-order valence-electron chi connectivity index (χ3n) is 4.94. The van der Waals surface area contributed by atoms with Crippen molar-refractivity contribution in [2.75, 3.05) is 0 Å². The number of hydrogen-bond donors (Lipinski definition) is 0. The van der Waals surface area contributed by atoms with Crippen molar-refractivity contribution in [2.24, 2.45) is 5.41 Å². The first-order valence-corrected chi connectivity index (χ1v) is 8.94. The lowest BCUT2D eigenvalue weighted by atomic mass is 9.77. The Hall–Kier alpha value is -2.55. The molecule has 3 nitrogen and oxygen atoms in total. The monoisotopic (exact) mass is 329 g/mol. The van der Waals surface area contributed by atoms with E-state index in [1.807, 2.05) is 24.4 Å². The van der Waals surface area contributed by atoms with Gasteiger partial charge in [0, 0.05) is 24.0 Å². The molecule has 25 heavy (non-hydrogen) atoms. The molecule has 0 spiro atoms. The van der Waals surface area contributed by atoms with Gasteiger partial charge in [-0.1, -0.05) is 50.2 Å². The highest BCUT2D eigenvalue weighted by Crippen LogP contribution is 2.34. The van der Waals surface area contributed by atoms with Gasteiger partial charge in [0.25, 0.3) is 0 Å². The number of aromatic nitrogens is 3. The third kappa shape index (κ3) is 3.60. The standard InChI is InChI=1S/C22H23N3/c1-22(2)12-11-17-15-23-21(25-20(17)14-22)19-10-6-9-18(24-19)13-16-7-4-3-5-8-16/h3-10,15H,11-14H2,1-2H3. The molecule has 0 fully saturated rings. The van der Waals surface area contributed by atoms with Gasteiger partial charge in [0.05, 0.1) is 0 Å². The number of pyridine rings is 1. The highest BCUT2D eigenvalue weighted by atomic mass is 14.9. The van der Waals surface area contributed by atoms with Crippen LogP contribution in [0.4, 0.5) is 0 Å². The Morgan fingerprint density at radius 3 is 2.64 bits per heavy atom. The van der Waals surface area contributed by atoms with Gasteiger partial charge in [0.2, 0.25) is 0 Å². The van der Waals surface area contributed by atoms with Gasteiger partial charge < -0.3 is 0 Å². The Morgan fingerprint density at radius 2 is 1.80 bits per heavy atom. The van der Waals surface area contributed by atoms with Gasteiger partial charge in [0.15, 0.2) is 5.82 Å². The lowest BCUT2D eigenvalue weighted by Gasteiger charge is -2.30. The van der Waals surface area contributed by atoms with Crippen LogP contribution in [0.2, 0.25) is 0 Å². The number of fused-ring (bicyclic) bond motifs is 1. The molecule has 0 saturated heterocycles. The second-order valence-corrected chi connectivity index (χ2v) is 7.68. The number of nitrogens with zero attached hydrogens (tertiary/aromatic N) is 3. The van der Waals surface area contributed by atoms with E-state index in [0.717, 1.165) is 36.5 Å². The molecular weight excluding hydrogens is 306 g/mol. The van der Waals surface area contributed by atoms with Crippen molar-refractivity contribution in [1.82, 2.24) is 15.0 Å². The SMILES string of the molecule is CC1(C)CCc2cnc(-c3cccc(Cc4ccccc4)n3)nc2C1. The van der Waals surface area contributed by atoms with Crippen LogP contribution < -0.4 is 0 Å². The van der Waals surface area contributed by atoms with E-state index in [1.165, 1.54) is 23.2 Å². The van der Waals surface area contributed by atoms with Crippen LogP contribution in [0.1, 0.15) is 42.8 Å². The molecule has 0 bridgehead atoms. The topological polar surface area (TPSA) is 38.7 Å². The average molecular weight is 329 g/mol. The van der Waals surface area contributed by atoms with E-state index in [0.29, 0.717) is 5.41 Å². The van der Waals surface area contributed by atoms with Crippen LogP contribution in [0, 0.1) is 5.41 Å². The highest BCUT2D eigenvalue weighted by molar-refractivity contribution is 5.50. The zero-order chi connectivity index (χ0) is 17.3. The Labute approximate surface area is 149 Å². The molecular formula is C22H23N3. The fourth-order valence-corrected chi connectivity index (χ4v) is 3.45. The molecule has 0 radical (unpaired) electrons. The predicted octanol–water partition coefficient (Wildman–Crippen LogP) is 4.64. The minimum Gasteiger partial charge on any atom is -0.249 e. The maximum Gasteiger partial charge on any atom is 0.178 e. The van der Waals surface area contributed by atoms with Crippen molar-refractivity contribution < 1.29 is 0 Å². The van der Waals surface area contributed by atoms with Crippen LogP contribution in [0.15, 0.2) is 54.7 Å². The van der Waals surface area contributed by atoms with E-state index in [9.17, 15) is 0 Å². The second-order valence-electron chi connectivity index (χ2n) is 7.68. The molecule has 0 amide bonds. The molecule has 0 saturated carbocycles. The first-order valence-electron chi connectivity index (χ1n) is 8.94. The lowest BCUT2D eigenvalue weighted by Crippen LogP contribution is -2.23. The first kappa shape index (κ1) is 15.9. The summed E-state index contributed by atoms with van der Waals surface area (Å²) in [5.74, 6) is 0.742. The van der Waals surface area contributed by atoms with Crippen molar-refractivity contribution >= 4 is 0 Å². The summed E-state index contributed by atoms with van der Waals surface area (Å²) in [5, 5.41) is 0. The summed E-state index contributed by atoms with van der Waals surface area (Å²) in [6.45, 7) is 4.63. The molecule has 0 unspecified atom stereocenters. The Bertz CT molecular complexity index is 885. The summed E-state index contributed by atoms with van der Waals surface area (Å²) in [7, 11) is 0. The molecule has 0 N–H and O–H groups in total. The van der Waals surface area contributed by atoms with Crippen LogP contribution in [0.5, 0.6) is 0 Å². The molecule has 126 valence electrons. The van der Waals surface area contributed by atoms with Gasteiger partial charge >= 0.3 is 0 Å². The van der Waals surface area contributed by atoms with Crippen LogP contribution in [-0.4, -0.2) is 15.0 Å². The summed E-state index contributed by atoms with van der Waals surface area (Å²) in [6.07, 6.45) is 6.12. The van der Waals surface area contributed by atoms with E-state index in [-0.39, 0.29) is 0 Å². The van der Waals surface area contributed by atoms with Gasteiger partial charge in [-0.15, -0.1) is 0 Å². The van der Waals surface area contributed by atoms with Crippen LogP contribution in [0.3, 0.4) is 0 Å². The zero-order valence-electron chi connectivity index (χ0n) is 14.9. The normalized spacial score (nSPS) is 15.6. The molecule has 4 rings (SSSR count). The van der Waals surface area contributed by atoms with Gasteiger partial charge in [-0.05, 0) is 47.9 Å². The summed E-state index contributed by atoms with van der Waals surface area (Å²) >= 11 is 0. The number of benzene rings is 1. The van der Waals surface area contributed by atoms with Crippen molar-refractivity contribution in [1.29, 1.82) is 0 Å². The van der Waals surface area contributed by atoms with Crippen molar-refractivity contribution in [2.45, 2.75) is 39.5 Å². The molecule has 2 heterocycles. The predicted molar refractivity (Wildman–Crippen MR) is 100 cm³/mol. The smallest absolute Gasteiger partial charge is 0.178 e. The summed E-state index contributed by atoms with van der Waals surface area (Å²) in [4.78, 5) is 14.2. The van der Waals surface area contributed by atoms with Crippen LogP contribution >= 0.6 is 0 Å². The minimum atomic E-state index is 0.321. The van der Waals surface area contributed by atoms with Gasteiger partial charge in [-0.3, -0.25) is 0 Å². The lowest BCUT2D eigenvalue weighted by molar-refractivity contribution is 0.310. The quantitative estimate of drug-likeness (QED) is 0.702. The third-order valence-corrected chi connectivity index (χ3v) is 4.94. The van der Waals surface area contributed by atoms with Crippen molar-refractivity contribution in [3.63, 3.8) is 0 Å². The fraction of sp³-hybridized carbons (Fsp3) is 0.318. The van der Waals surface area contributed by atoms with E-state index in [1.54, 1.807) is 0 Å². The Morgan fingerprint density at radius 1 is 0.960 bits per heavy atom. The molecule has 1 aliphatic rings. The van der Waals surface area contributed by atoms with Gasteiger partial charge in [0.1, 0.15) is 5.69 Å².